The molecule has 21 heavy (non-hydrogen) atoms. The van der Waals surface area contributed by atoms with Crippen molar-refractivity contribution in [3.63, 3.8) is 0 Å². The number of benzene rings is 1. The standard InChI is InChI=1S/C18H26ClNO/c1-14(21)15-5-6-17(16(19)13-15)20-11-9-18(10-12-20)7-3-2-4-8-18/h5-6,13-14,21H,2-4,7-12H2,1H3. The third-order valence-corrected chi connectivity index (χ3v) is 5.84. The maximum atomic E-state index is 9.64. The minimum absolute atomic E-state index is 0.455. The van der Waals surface area contributed by atoms with E-state index in [1.165, 1.54) is 44.9 Å². The van der Waals surface area contributed by atoms with Crippen molar-refractivity contribution in [2.75, 3.05) is 18.0 Å². The van der Waals surface area contributed by atoms with Gasteiger partial charge in [-0.25, -0.2) is 0 Å². The van der Waals surface area contributed by atoms with Gasteiger partial charge in [-0.2, -0.15) is 0 Å². The van der Waals surface area contributed by atoms with Crippen molar-refractivity contribution in [1.82, 2.24) is 0 Å². The first kappa shape index (κ1) is 15.2. The smallest absolute Gasteiger partial charge is 0.0762 e. The molecule has 0 radical (unpaired) electrons. The molecule has 1 aliphatic carbocycles. The average molecular weight is 308 g/mol. The van der Waals surface area contributed by atoms with Crippen molar-refractivity contribution < 1.29 is 5.11 Å². The van der Waals surface area contributed by atoms with Gasteiger partial charge in [0.05, 0.1) is 16.8 Å². The van der Waals surface area contributed by atoms with Gasteiger partial charge in [0.2, 0.25) is 0 Å². The number of halogens is 1. The van der Waals surface area contributed by atoms with Gasteiger partial charge in [0.25, 0.3) is 0 Å². The van der Waals surface area contributed by atoms with Crippen LogP contribution in [-0.2, 0) is 0 Å². The molecule has 3 rings (SSSR count). The lowest BCUT2D eigenvalue weighted by Gasteiger charge is -2.45. The zero-order chi connectivity index (χ0) is 14.9. The lowest BCUT2D eigenvalue weighted by molar-refractivity contribution is 0.144. The van der Waals surface area contributed by atoms with Gasteiger partial charge in [-0.3, -0.25) is 0 Å². The molecule has 1 saturated carbocycles. The molecular formula is C18H26ClNO. The first-order valence-electron chi connectivity index (χ1n) is 8.32. The van der Waals surface area contributed by atoms with Crippen LogP contribution < -0.4 is 4.90 Å². The van der Waals surface area contributed by atoms with Crippen LogP contribution in [0.15, 0.2) is 18.2 Å². The van der Waals surface area contributed by atoms with Crippen LogP contribution >= 0.6 is 11.6 Å². The third kappa shape index (κ3) is 3.22. The van der Waals surface area contributed by atoms with E-state index >= 15 is 0 Å². The van der Waals surface area contributed by atoms with Crippen molar-refractivity contribution in [3.8, 4) is 0 Å². The maximum Gasteiger partial charge on any atom is 0.0762 e. The molecule has 2 fully saturated rings. The number of nitrogens with zero attached hydrogens (tertiary/aromatic N) is 1. The summed E-state index contributed by atoms with van der Waals surface area (Å²) in [6.07, 6.45) is 9.28. The molecule has 1 heterocycles. The second-order valence-electron chi connectivity index (χ2n) is 6.93. The molecule has 1 saturated heterocycles. The van der Waals surface area contributed by atoms with Crippen molar-refractivity contribution in [2.24, 2.45) is 5.41 Å². The quantitative estimate of drug-likeness (QED) is 0.836. The van der Waals surface area contributed by atoms with E-state index in [0.717, 1.165) is 29.4 Å². The van der Waals surface area contributed by atoms with Gasteiger partial charge in [-0.1, -0.05) is 36.9 Å². The summed E-state index contributed by atoms with van der Waals surface area (Å²) in [5.41, 5.74) is 2.65. The van der Waals surface area contributed by atoms with E-state index in [0.29, 0.717) is 5.41 Å². The summed E-state index contributed by atoms with van der Waals surface area (Å²) in [7, 11) is 0. The van der Waals surface area contributed by atoms with E-state index in [1.807, 2.05) is 12.1 Å². The molecule has 2 nitrogen and oxygen atoms in total. The van der Waals surface area contributed by atoms with E-state index < -0.39 is 6.10 Å². The maximum absolute atomic E-state index is 9.64. The van der Waals surface area contributed by atoms with Crippen molar-refractivity contribution in [2.45, 2.75) is 58.0 Å². The van der Waals surface area contributed by atoms with E-state index in [9.17, 15) is 5.11 Å². The van der Waals surface area contributed by atoms with E-state index in [1.54, 1.807) is 6.92 Å². The summed E-state index contributed by atoms with van der Waals surface area (Å²) in [5.74, 6) is 0. The number of aliphatic hydroxyl groups is 1. The van der Waals surface area contributed by atoms with E-state index in [2.05, 4.69) is 11.0 Å². The van der Waals surface area contributed by atoms with Crippen molar-refractivity contribution in [1.29, 1.82) is 0 Å². The minimum atomic E-state index is -0.455. The van der Waals surface area contributed by atoms with Crippen LogP contribution in [0.5, 0.6) is 0 Å². The fourth-order valence-electron chi connectivity index (χ4n) is 4.06. The van der Waals surface area contributed by atoms with Crippen molar-refractivity contribution >= 4 is 17.3 Å². The third-order valence-electron chi connectivity index (χ3n) is 5.53. The van der Waals surface area contributed by atoms with Crippen LogP contribution in [0.2, 0.25) is 5.02 Å². The Balaban J connectivity index is 1.69. The SMILES string of the molecule is CC(O)c1ccc(N2CCC3(CCCCC3)CC2)c(Cl)c1. The highest BCUT2D eigenvalue weighted by Gasteiger charge is 2.35. The number of aliphatic hydroxyl groups excluding tert-OH is 1. The Morgan fingerprint density at radius 2 is 1.76 bits per heavy atom. The van der Waals surface area contributed by atoms with Crippen LogP contribution in [0.1, 0.15) is 63.5 Å². The average Bonchev–Trinajstić information content (AvgIpc) is 2.49. The molecule has 0 amide bonds. The predicted molar refractivity (Wildman–Crippen MR) is 89.1 cm³/mol. The largest absolute Gasteiger partial charge is 0.389 e. The molecule has 2 aliphatic rings. The topological polar surface area (TPSA) is 23.5 Å². The Bertz CT molecular complexity index is 484. The Kier molecular flexibility index (Phi) is 4.46. The molecule has 1 aromatic carbocycles. The predicted octanol–water partition coefficient (Wildman–Crippen LogP) is 4.94. The van der Waals surface area contributed by atoms with Crippen LogP contribution in [0, 0.1) is 5.41 Å². The Labute approximate surface area is 133 Å². The lowest BCUT2D eigenvalue weighted by atomic mass is 9.68. The molecule has 0 bridgehead atoms. The molecule has 1 spiro atoms. The van der Waals surface area contributed by atoms with E-state index in [4.69, 9.17) is 11.6 Å². The lowest BCUT2D eigenvalue weighted by Crippen LogP contribution is -2.41. The zero-order valence-corrected chi connectivity index (χ0v) is 13.7. The molecule has 1 unspecified atom stereocenters. The Morgan fingerprint density at radius 3 is 2.33 bits per heavy atom. The van der Waals surface area contributed by atoms with Gasteiger partial charge >= 0.3 is 0 Å². The number of hydrogen-bond donors (Lipinski definition) is 1. The normalized spacial score (nSPS) is 23.3. The van der Waals surface area contributed by atoms with Gasteiger partial charge in [0.1, 0.15) is 0 Å². The van der Waals surface area contributed by atoms with Gasteiger partial charge in [0.15, 0.2) is 0 Å². The summed E-state index contributed by atoms with van der Waals surface area (Å²) in [6.45, 7) is 4.01. The zero-order valence-electron chi connectivity index (χ0n) is 12.9. The van der Waals surface area contributed by atoms with Gasteiger partial charge in [0, 0.05) is 13.1 Å². The van der Waals surface area contributed by atoms with Crippen LogP contribution in [0.4, 0.5) is 5.69 Å². The molecule has 1 atom stereocenters. The molecule has 116 valence electrons. The van der Waals surface area contributed by atoms with E-state index in [-0.39, 0.29) is 0 Å². The summed E-state index contributed by atoms with van der Waals surface area (Å²) in [6, 6.07) is 5.98. The number of anilines is 1. The first-order valence-corrected chi connectivity index (χ1v) is 8.70. The highest BCUT2D eigenvalue weighted by molar-refractivity contribution is 6.33. The fourth-order valence-corrected chi connectivity index (χ4v) is 4.37. The first-order chi connectivity index (χ1) is 10.1. The second-order valence-corrected chi connectivity index (χ2v) is 7.34. The number of piperidine rings is 1. The van der Waals surface area contributed by atoms with Crippen LogP contribution in [0.25, 0.3) is 0 Å². The highest BCUT2D eigenvalue weighted by atomic mass is 35.5. The fraction of sp³-hybridized carbons (Fsp3) is 0.667. The second kappa shape index (κ2) is 6.18. The molecule has 1 N–H and O–H groups in total. The van der Waals surface area contributed by atoms with Gasteiger partial charge < -0.3 is 10.0 Å². The van der Waals surface area contributed by atoms with Gasteiger partial charge in [-0.15, -0.1) is 0 Å². The summed E-state index contributed by atoms with van der Waals surface area (Å²) < 4.78 is 0. The van der Waals surface area contributed by atoms with Crippen LogP contribution in [-0.4, -0.2) is 18.2 Å². The Hall–Kier alpha value is -0.730. The van der Waals surface area contributed by atoms with Gasteiger partial charge in [-0.05, 0) is 55.7 Å². The molecular weight excluding hydrogens is 282 g/mol. The summed E-state index contributed by atoms with van der Waals surface area (Å²) in [5, 5.41) is 10.4. The number of hydrogen-bond acceptors (Lipinski definition) is 2. The molecule has 1 aromatic rings. The molecule has 0 aromatic heterocycles. The van der Waals surface area contributed by atoms with Crippen LogP contribution in [0.3, 0.4) is 0 Å². The van der Waals surface area contributed by atoms with Crippen molar-refractivity contribution in [3.05, 3.63) is 28.8 Å². The number of rotatable bonds is 2. The summed E-state index contributed by atoms with van der Waals surface area (Å²) >= 11 is 6.43. The molecule has 1 aliphatic heterocycles. The highest BCUT2D eigenvalue weighted by Crippen LogP contribution is 2.45. The molecule has 3 heteroatoms. The summed E-state index contributed by atoms with van der Waals surface area (Å²) in [4.78, 5) is 2.42. The Morgan fingerprint density at radius 1 is 1.10 bits per heavy atom. The monoisotopic (exact) mass is 307 g/mol. The minimum Gasteiger partial charge on any atom is -0.389 e.